The summed E-state index contributed by atoms with van der Waals surface area (Å²) in [6.45, 7) is 6.96. The van der Waals surface area contributed by atoms with Crippen molar-refractivity contribution in [3.05, 3.63) is 102 Å². The van der Waals surface area contributed by atoms with E-state index in [2.05, 4.69) is 67.6 Å². The molecule has 0 unspecified atom stereocenters. The molecule has 0 aliphatic rings. The summed E-state index contributed by atoms with van der Waals surface area (Å²) in [5, 5.41) is 0. The number of aryl methyl sites for hydroxylation is 2. The van der Waals surface area contributed by atoms with Crippen molar-refractivity contribution in [3.8, 4) is 105 Å². The van der Waals surface area contributed by atoms with Gasteiger partial charge in [0.2, 0.25) is 0 Å². The monoisotopic (exact) mass is 653 g/mol. The number of terminal acetylenes is 1. The van der Waals surface area contributed by atoms with E-state index in [1.165, 1.54) is 31.2 Å². The molecule has 1 heterocycles. The lowest BCUT2D eigenvalue weighted by Crippen LogP contribution is -2.01. The fraction of sp³-hybridized carbons (Fsp3) is 0.222. The van der Waals surface area contributed by atoms with E-state index in [-0.39, 0.29) is 0 Å². The Hall–Kier alpha value is -6.27. The van der Waals surface area contributed by atoms with Gasteiger partial charge in [-0.05, 0) is 61.3 Å². The third-order valence-electron chi connectivity index (χ3n) is 8.00. The van der Waals surface area contributed by atoms with Crippen molar-refractivity contribution < 1.29 is 9.47 Å². The second-order valence-electron chi connectivity index (χ2n) is 11.8. The molecule has 0 bridgehead atoms. The van der Waals surface area contributed by atoms with Gasteiger partial charge in [0.25, 0.3) is 0 Å². The van der Waals surface area contributed by atoms with E-state index in [9.17, 15) is 0 Å². The summed E-state index contributed by atoms with van der Waals surface area (Å²) >= 11 is 0. The van der Waals surface area contributed by atoms with E-state index in [0.29, 0.717) is 29.8 Å². The zero-order valence-electron chi connectivity index (χ0n) is 28.8. The molecule has 0 N–H and O–H groups in total. The summed E-state index contributed by atoms with van der Waals surface area (Å²) in [7, 11) is 0. The van der Waals surface area contributed by atoms with E-state index < -0.39 is 0 Å². The van der Waals surface area contributed by atoms with Crippen LogP contribution in [-0.2, 0) is 0 Å². The van der Waals surface area contributed by atoms with Crippen LogP contribution in [0.5, 0.6) is 11.5 Å². The second kappa shape index (κ2) is 18.3. The smallest absolute Gasteiger partial charge is 0.164 e. The standard InChI is InChI=1S/C45H39N3O2/c1-5-7-9-11-13-18-30-49-41-33-40(42(32-35(41)4)50-31-19-14-12-10-8-6-2)36-26-28-39(29-27-36)45-47-43(37-20-16-15-17-21-37)46-44(48-45)38-24-22-34(3)23-25-38/h2,15-17,20-29,32-33H,5,7,9,11,13,18,30H2,1,3-4H3. The largest absolute Gasteiger partial charge is 0.493 e. The average molecular weight is 654 g/mol. The lowest BCUT2D eigenvalue weighted by atomic mass is 10.0. The van der Waals surface area contributed by atoms with Crippen LogP contribution in [-0.4, -0.2) is 21.6 Å². The molecule has 0 saturated carbocycles. The lowest BCUT2D eigenvalue weighted by molar-refractivity contribution is 0.302. The van der Waals surface area contributed by atoms with Crippen LogP contribution in [0, 0.1) is 61.9 Å². The SMILES string of the molecule is C#CC#CC#CC#COc1cc(C)c(OCCCCCCCC)cc1-c1ccc(-c2nc(-c3ccccc3)nc(-c3ccc(C)cc3)n2)cc1. The molecule has 0 radical (unpaired) electrons. The Morgan fingerprint density at radius 1 is 0.580 bits per heavy atom. The molecule has 0 amide bonds. The maximum atomic E-state index is 6.28. The molecule has 0 fully saturated rings. The summed E-state index contributed by atoms with van der Waals surface area (Å²) in [4.78, 5) is 14.6. The molecule has 246 valence electrons. The molecule has 5 nitrogen and oxygen atoms in total. The van der Waals surface area contributed by atoms with Crippen LogP contribution in [0.4, 0.5) is 0 Å². The molecule has 5 heteroatoms. The third kappa shape index (κ3) is 9.87. The number of hydrogen-bond donors (Lipinski definition) is 0. The van der Waals surface area contributed by atoms with Gasteiger partial charge < -0.3 is 9.47 Å². The van der Waals surface area contributed by atoms with Gasteiger partial charge in [-0.3, -0.25) is 0 Å². The first-order valence-electron chi connectivity index (χ1n) is 16.9. The van der Waals surface area contributed by atoms with Crippen molar-refractivity contribution in [2.24, 2.45) is 0 Å². The van der Waals surface area contributed by atoms with Gasteiger partial charge in [0, 0.05) is 40.0 Å². The Bertz CT molecular complexity index is 2130. The summed E-state index contributed by atoms with van der Waals surface area (Å²) < 4.78 is 12.2. The molecule has 0 saturated heterocycles. The highest BCUT2D eigenvalue weighted by atomic mass is 16.5. The third-order valence-corrected chi connectivity index (χ3v) is 8.00. The van der Waals surface area contributed by atoms with Crippen molar-refractivity contribution in [3.63, 3.8) is 0 Å². The Balaban J connectivity index is 1.47. The topological polar surface area (TPSA) is 57.1 Å². The number of ether oxygens (including phenoxy) is 2. The van der Waals surface area contributed by atoms with Crippen LogP contribution in [0.1, 0.15) is 56.6 Å². The number of aromatic nitrogens is 3. The summed E-state index contributed by atoms with van der Waals surface area (Å²) in [5.74, 6) is 18.3. The highest BCUT2D eigenvalue weighted by molar-refractivity contribution is 5.76. The fourth-order valence-corrected chi connectivity index (χ4v) is 5.28. The van der Waals surface area contributed by atoms with Crippen molar-refractivity contribution >= 4 is 0 Å². The summed E-state index contributed by atoms with van der Waals surface area (Å²) in [6.07, 6.45) is 15.0. The number of unbranched alkanes of at least 4 members (excludes halogenated alkanes) is 5. The van der Waals surface area contributed by atoms with Gasteiger partial charge in [0.15, 0.2) is 17.5 Å². The molecular weight excluding hydrogens is 615 g/mol. The number of hydrogen-bond acceptors (Lipinski definition) is 5. The van der Waals surface area contributed by atoms with Crippen molar-refractivity contribution in [2.45, 2.75) is 59.3 Å². The normalized spacial score (nSPS) is 9.96. The van der Waals surface area contributed by atoms with Gasteiger partial charge in [-0.15, -0.1) is 6.42 Å². The molecular formula is C45H39N3O2. The van der Waals surface area contributed by atoms with E-state index in [0.717, 1.165) is 52.0 Å². The minimum absolute atomic E-state index is 0.585. The van der Waals surface area contributed by atoms with Gasteiger partial charge >= 0.3 is 0 Å². The molecule has 1 aromatic heterocycles. The Morgan fingerprint density at radius 2 is 1.14 bits per heavy atom. The minimum Gasteiger partial charge on any atom is -0.493 e. The number of benzene rings is 4. The van der Waals surface area contributed by atoms with Crippen LogP contribution in [0.3, 0.4) is 0 Å². The van der Waals surface area contributed by atoms with Crippen LogP contribution >= 0.6 is 0 Å². The molecule has 50 heavy (non-hydrogen) atoms. The molecule has 5 rings (SSSR count). The Morgan fingerprint density at radius 3 is 1.80 bits per heavy atom. The van der Waals surface area contributed by atoms with Gasteiger partial charge in [-0.1, -0.05) is 123 Å². The average Bonchev–Trinajstić information content (AvgIpc) is 3.15. The molecule has 0 aliphatic heterocycles. The van der Waals surface area contributed by atoms with Crippen molar-refractivity contribution in [1.82, 2.24) is 15.0 Å². The first-order chi connectivity index (χ1) is 24.6. The van der Waals surface area contributed by atoms with E-state index in [4.69, 9.17) is 30.8 Å². The highest BCUT2D eigenvalue weighted by Gasteiger charge is 2.15. The molecule has 5 aromatic rings. The second-order valence-corrected chi connectivity index (χ2v) is 11.8. The van der Waals surface area contributed by atoms with Crippen molar-refractivity contribution in [1.29, 1.82) is 0 Å². The predicted octanol–water partition coefficient (Wildman–Crippen LogP) is 9.88. The van der Waals surface area contributed by atoms with Crippen LogP contribution in [0.25, 0.3) is 45.3 Å². The molecule has 0 spiro atoms. The maximum absolute atomic E-state index is 6.28. The first kappa shape index (κ1) is 35.0. The maximum Gasteiger partial charge on any atom is 0.164 e. The number of rotatable bonds is 13. The van der Waals surface area contributed by atoms with Gasteiger partial charge in [0.1, 0.15) is 17.6 Å². The van der Waals surface area contributed by atoms with Gasteiger partial charge in [-0.25, -0.2) is 15.0 Å². The summed E-state index contributed by atoms with van der Waals surface area (Å²) in [6, 6.07) is 30.2. The number of nitrogens with zero attached hydrogens (tertiary/aromatic N) is 3. The van der Waals surface area contributed by atoms with E-state index >= 15 is 0 Å². The first-order valence-corrected chi connectivity index (χ1v) is 16.9. The quantitative estimate of drug-likeness (QED) is 0.0935. The Kier molecular flexibility index (Phi) is 12.8. The molecule has 0 atom stereocenters. The van der Waals surface area contributed by atoms with E-state index in [1.807, 2.05) is 85.8 Å². The highest BCUT2D eigenvalue weighted by Crippen LogP contribution is 2.37. The van der Waals surface area contributed by atoms with Crippen LogP contribution < -0.4 is 9.47 Å². The van der Waals surface area contributed by atoms with Crippen LogP contribution in [0.2, 0.25) is 0 Å². The predicted molar refractivity (Wildman–Crippen MR) is 203 cm³/mol. The Labute approximate surface area is 296 Å². The van der Waals surface area contributed by atoms with Gasteiger partial charge in [-0.2, -0.15) is 0 Å². The molecule has 0 aliphatic carbocycles. The molecule has 4 aromatic carbocycles. The minimum atomic E-state index is 0.585. The van der Waals surface area contributed by atoms with Crippen LogP contribution in [0.15, 0.2) is 91.0 Å². The van der Waals surface area contributed by atoms with Crippen molar-refractivity contribution in [2.75, 3.05) is 6.61 Å². The zero-order valence-corrected chi connectivity index (χ0v) is 28.8. The zero-order chi connectivity index (χ0) is 35.0. The lowest BCUT2D eigenvalue weighted by Gasteiger charge is -2.15. The van der Waals surface area contributed by atoms with Gasteiger partial charge in [0.05, 0.1) is 6.61 Å². The summed E-state index contributed by atoms with van der Waals surface area (Å²) in [5.41, 5.74) is 6.61. The fourth-order valence-electron chi connectivity index (χ4n) is 5.28. The van der Waals surface area contributed by atoms with E-state index in [1.54, 1.807) is 0 Å².